The number of imidazole rings is 1. The first-order valence-corrected chi connectivity index (χ1v) is 6.78. The van der Waals surface area contributed by atoms with E-state index in [1.54, 1.807) is 7.11 Å². The lowest BCUT2D eigenvalue weighted by molar-refractivity contribution is 0.187. The Morgan fingerprint density at radius 2 is 2.39 bits per heavy atom. The molecule has 5 nitrogen and oxygen atoms in total. The van der Waals surface area contributed by atoms with Crippen molar-refractivity contribution >= 4 is 5.95 Å². The Hall–Kier alpha value is -1.07. The van der Waals surface area contributed by atoms with E-state index in [0.717, 1.165) is 50.8 Å². The summed E-state index contributed by atoms with van der Waals surface area (Å²) in [5, 5.41) is 0. The number of aromatic nitrogens is 2. The minimum absolute atomic E-state index is 0.614. The smallest absolute Gasteiger partial charge is 0.205 e. The molecule has 2 N–H and O–H groups in total. The number of nitrogens with two attached hydrogens (primary N) is 1. The van der Waals surface area contributed by atoms with E-state index >= 15 is 0 Å². The second-order valence-electron chi connectivity index (χ2n) is 4.91. The predicted molar refractivity (Wildman–Crippen MR) is 72.9 cm³/mol. The third kappa shape index (κ3) is 2.84. The number of anilines is 1. The molecule has 1 atom stereocenters. The van der Waals surface area contributed by atoms with E-state index in [0.29, 0.717) is 5.92 Å². The van der Waals surface area contributed by atoms with Crippen LogP contribution in [0.2, 0.25) is 0 Å². The maximum absolute atomic E-state index is 5.75. The molecule has 2 rings (SSSR count). The molecule has 5 heteroatoms. The van der Waals surface area contributed by atoms with Gasteiger partial charge in [-0.3, -0.25) is 0 Å². The summed E-state index contributed by atoms with van der Waals surface area (Å²) in [7, 11) is 1.73. The Labute approximate surface area is 109 Å². The van der Waals surface area contributed by atoms with Crippen molar-refractivity contribution in [3.05, 3.63) is 11.9 Å². The van der Waals surface area contributed by atoms with E-state index in [2.05, 4.69) is 22.6 Å². The van der Waals surface area contributed by atoms with Crippen molar-refractivity contribution in [1.29, 1.82) is 0 Å². The maximum atomic E-state index is 5.75. The fourth-order valence-corrected chi connectivity index (χ4v) is 2.44. The summed E-state index contributed by atoms with van der Waals surface area (Å²) >= 11 is 0. The molecule has 0 amide bonds. The zero-order chi connectivity index (χ0) is 13.0. The van der Waals surface area contributed by atoms with E-state index in [9.17, 15) is 0 Å². The van der Waals surface area contributed by atoms with Crippen molar-refractivity contribution < 1.29 is 4.74 Å². The van der Waals surface area contributed by atoms with Crippen molar-refractivity contribution in [1.82, 2.24) is 9.55 Å². The quantitative estimate of drug-likeness (QED) is 0.816. The molecule has 1 saturated heterocycles. The highest BCUT2D eigenvalue weighted by Gasteiger charge is 2.24. The number of aryl methyl sites for hydroxylation is 1. The van der Waals surface area contributed by atoms with Crippen LogP contribution in [-0.4, -0.2) is 42.9 Å². The van der Waals surface area contributed by atoms with Crippen LogP contribution in [0.15, 0.2) is 6.20 Å². The summed E-state index contributed by atoms with van der Waals surface area (Å²) in [5.74, 6) is 1.70. The molecule has 1 unspecified atom stereocenters. The van der Waals surface area contributed by atoms with Gasteiger partial charge < -0.3 is 19.9 Å². The van der Waals surface area contributed by atoms with Crippen LogP contribution in [0.3, 0.4) is 0 Å². The Balaban J connectivity index is 2.12. The SMILES string of the molecule is CCc1cn(CCOC)c(N2CCC(CN)C2)n1. The van der Waals surface area contributed by atoms with Crippen LogP contribution in [0.4, 0.5) is 5.95 Å². The minimum Gasteiger partial charge on any atom is -0.383 e. The molecular weight excluding hydrogens is 228 g/mol. The molecule has 1 aromatic rings. The van der Waals surface area contributed by atoms with E-state index in [1.807, 2.05) is 0 Å². The Morgan fingerprint density at radius 3 is 3.00 bits per heavy atom. The highest BCUT2D eigenvalue weighted by Crippen LogP contribution is 2.23. The van der Waals surface area contributed by atoms with Gasteiger partial charge in [-0.05, 0) is 25.3 Å². The van der Waals surface area contributed by atoms with E-state index in [1.165, 1.54) is 6.42 Å². The molecule has 0 spiro atoms. The van der Waals surface area contributed by atoms with Crippen molar-refractivity contribution in [2.24, 2.45) is 11.7 Å². The highest BCUT2D eigenvalue weighted by atomic mass is 16.5. The molecule has 102 valence electrons. The Bertz CT molecular complexity index is 377. The molecule has 0 saturated carbocycles. The summed E-state index contributed by atoms with van der Waals surface area (Å²) < 4.78 is 7.37. The maximum Gasteiger partial charge on any atom is 0.205 e. The average Bonchev–Trinajstić information content (AvgIpc) is 3.02. The van der Waals surface area contributed by atoms with Gasteiger partial charge in [-0.1, -0.05) is 6.92 Å². The third-order valence-corrected chi connectivity index (χ3v) is 3.61. The molecule has 0 radical (unpaired) electrons. The summed E-state index contributed by atoms with van der Waals surface area (Å²) in [5.41, 5.74) is 6.90. The minimum atomic E-state index is 0.614. The fraction of sp³-hybridized carbons (Fsp3) is 0.769. The molecule has 0 aromatic carbocycles. The molecule has 18 heavy (non-hydrogen) atoms. The van der Waals surface area contributed by atoms with Crippen molar-refractivity contribution in [2.75, 3.05) is 38.3 Å². The number of hydrogen-bond donors (Lipinski definition) is 1. The van der Waals surface area contributed by atoms with Gasteiger partial charge in [0.15, 0.2) is 0 Å². The van der Waals surface area contributed by atoms with Crippen molar-refractivity contribution in [2.45, 2.75) is 26.3 Å². The van der Waals surface area contributed by atoms with Crippen LogP contribution in [0.5, 0.6) is 0 Å². The van der Waals surface area contributed by atoms with Crippen molar-refractivity contribution in [3.8, 4) is 0 Å². The summed E-state index contributed by atoms with van der Waals surface area (Å²) in [6.45, 7) is 6.59. The van der Waals surface area contributed by atoms with E-state index in [4.69, 9.17) is 15.5 Å². The number of methoxy groups -OCH3 is 1. The summed E-state index contributed by atoms with van der Waals surface area (Å²) in [6.07, 6.45) is 4.29. The predicted octanol–water partition coefficient (Wildman–Crippen LogP) is 0.877. The van der Waals surface area contributed by atoms with Gasteiger partial charge in [-0.2, -0.15) is 0 Å². The fourth-order valence-electron chi connectivity index (χ4n) is 2.44. The largest absolute Gasteiger partial charge is 0.383 e. The van der Waals surface area contributed by atoms with Crippen LogP contribution in [0.1, 0.15) is 19.0 Å². The Kier molecular flexibility index (Phi) is 4.60. The van der Waals surface area contributed by atoms with Crippen LogP contribution in [0.25, 0.3) is 0 Å². The lowest BCUT2D eigenvalue weighted by atomic mass is 10.1. The standard InChI is InChI=1S/C13H24N4O/c1-3-12-10-17(6-7-18-2)13(15-12)16-5-4-11(8-14)9-16/h10-11H,3-9,14H2,1-2H3. The number of hydrogen-bond acceptors (Lipinski definition) is 4. The van der Waals surface area contributed by atoms with Gasteiger partial charge in [0.1, 0.15) is 0 Å². The topological polar surface area (TPSA) is 56.3 Å². The third-order valence-electron chi connectivity index (χ3n) is 3.61. The molecule has 1 fully saturated rings. The van der Waals surface area contributed by atoms with Gasteiger partial charge in [0.2, 0.25) is 5.95 Å². The average molecular weight is 252 g/mol. The molecule has 1 aromatic heterocycles. The van der Waals surface area contributed by atoms with Crippen LogP contribution in [-0.2, 0) is 17.7 Å². The highest BCUT2D eigenvalue weighted by molar-refractivity contribution is 5.35. The second kappa shape index (κ2) is 6.20. The van der Waals surface area contributed by atoms with Gasteiger partial charge in [-0.15, -0.1) is 0 Å². The lowest BCUT2D eigenvalue weighted by Crippen LogP contribution is -2.26. The van der Waals surface area contributed by atoms with E-state index < -0.39 is 0 Å². The zero-order valence-corrected chi connectivity index (χ0v) is 11.4. The molecular formula is C13H24N4O. The van der Waals surface area contributed by atoms with Gasteiger partial charge in [0.05, 0.1) is 12.3 Å². The Morgan fingerprint density at radius 1 is 1.56 bits per heavy atom. The van der Waals surface area contributed by atoms with Gasteiger partial charge >= 0.3 is 0 Å². The first-order chi connectivity index (χ1) is 8.78. The van der Waals surface area contributed by atoms with E-state index in [-0.39, 0.29) is 0 Å². The molecule has 2 heterocycles. The normalized spacial score (nSPS) is 19.7. The molecule has 0 bridgehead atoms. The summed E-state index contributed by atoms with van der Waals surface area (Å²) in [4.78, 5) is 7.08. The van der Waals surface area contributed by atoms with Crippen LogP contribution in [0, 0.1) is 5.92 Å². The number of ether oxygens (including phenoxy) is 1. The zero-order valence-electron chi connectivity index (χ0n) is 11.4. The molecule has 1 aliphatic rings. The lowest BCUT2D eigenvalue weighted by Gasteiger charge is -2.18. The summed E-state index contributed by atoms with van der Waals surface area (Å²) in [6, 6.07) is 0. The second-order valence-corrected chi connectivity index (χ2v) is 4.91. The van der Waals surface area contributed by atoms with Crippen molar-refractivity contribution in [3.63, 3.8) is 0 Å². The van der Waals surface area contributed by atoms with Crippen LogP contribution >= 0.6 is 0 Å². The number of nitrogens with zero attached hydrogens (tertiary/aromatic N) is 3. The van der Waals surface area contributed by atoms with Crippen LogP contribution < -0.4 is 10.6 Å². The van der Waals surface area contributed by atoms with Gasteiger partial charge in [0.25, 0.3) is 0 Å². The first kappa shape index (κ1) is 13.4. The first-order valence-electron chi connectivity index (χ1n) is 6.78. The van der Waals surface area contributed by atoms with Gasteiger partial charge in [-0.25, -0.2) is 4.98 Å². The number of rotatable bonds is 6. The molecule has 1 aliphatic heterocycles. The molecule has 0 aliphatic carbocycles. The monoisotopic (exact) mass is 252 g/mol. The van der Waals surface area contributed by atoms with Gasteiger partial charge in [0, 0.05) is 32.9 Å².